The predicted molar refractivity (Wildman–Crippen MR) is 97.1 cm³/mol. The molecule has 0 aliphatic rings. The maximum absolute atomic E-state index is 12.8. The third-order valence-corrected chi connectivity index (χ3v) is 5.48. The number of carbonyl (C=O) groups is 1. The van der Waals surface area contributed by atoms with Gasteiger partial charge in [0.05, 0.1) is 17.7 Å². The molecule has 0 atom stereocenters. The lowest BCUT2D eigenvalue weighted by Crippen LogP contribution is -2.26. The molecule has 2 rings (SSSR count). The molecule has 0 fully saturated rings. The van der Waals surface area contributed by atoms with Crippen LogP contribution in [0, 0.1) is 6.92 Å². The van der Waals surface area contributed by atoms with Gasteiger partial charge in [0.15, 0.2) is 0 Å². The van der Waals surface area contributed by atoms with Gasteiger partial charge in [-0.25, -0.2) is 8.42 Å². The summed E-state index contributed by atoms with van der Waals surface area (Å²) in [7, 11) is -0.722. The first-order valence-electron chi connectivity index (χ1n) is 7.71. The summed E-state index contributed by atoms with van der Waals surface area (Å²) in [6, 6.07) is 12.1. The Labute approximate surface area is 148 Å². The largest absolute Gasteiger partial charge is 0.495 e. The monoisotopic (exact) mass is 362 g/mol. The van der Waals surface area contributed by atoms with Gasteiger partial charge in [0, 0.05) is 20.5 Å². The molecular formula is C18H22N2O4S. The molecule has 0 aromatic heterocycles. The van der Waals surface area contributed by atoms with Gasteiger partial charge >= 0.3 is 0 Å². The second kappa shape index (κ2) is 7.67. The lowest BCUT2D eigenvalue weighted by atomic mass is 10.1. The number of carbonyl (C=O) groups excluding carboxylic acids is 1. The molecular weight excluding hydrogens is 340 g/mol. The molecule has 7 heteroatoms. The van der Waals surface area contributed by atoms with Crippen molar-refractivity contribution >= 4 is 21.6 Å². The van der Waals surface area contributed by atoms with Crippen LogP contribution in [0.25, 0.3) is 0 Å². The van der Waals surface area contributed by atoms with Crippen molar-refractivity contribution in [1.82, 2.24) is 4.31 Å². The third kappa shape index (κ3) is 4.58. The fraction of sp³-hybridized carbons (Fsp3) is 0.278. The Morgan fingerprint density at radius 2 is 1.92 bits per heavy atom. The molecule has 0 heterocycles. The van der Waals surface area contributed by atoms with Crippen molar-refractivity contribution in [2.24, 2.45) is 0 Å². The van der Waals surface area contributed by atoms with Gasteiger partial charge in [-0.1, -0.05) is 29.8 Å². The predicted octanol–water partition coefficient (Wildman–Crippen LogP) is 2.78. The van der Waals surface area contributed by atoms with Crippen LogP contribution >= 0.6 is 0 Å². The Morgan fingerprint density at radius 3 is 2.52 bits per heavy atom. The van der Waals surface area contributed by atoms with Crippen LogP contribution in [-0.2, 0) is 21.4 Å². The van der Waals surface area contributed by atoms with Crippen molar-refractivity contribution in [1.29, 1.82) is 0 Å². The van der Waals surface area contributed by atoms with E-state index >= 15 is 0 Å². The first-order valence-corrected chi connectivity index (χ1v) is 9.15. The summed E-state index contributed by atoms with van der Waals surface area (Å²) in [6.07, 6.45) is 0. The zero-order valence-electron chi connectivity index (χ0n) is 14.7. The van der Waals surface area contributed by atoms with E-state index in [9.17, 15) is 13.2 Å². The Kier molecular flexibility index (Phi) is 5.81. The van der Waals surface area contributed by atoms with Crippen LogP contribution in [0.2, 0.25) is 0 Å². The van der Waals surface area contributed by atoms with Gasteiger partial charge in [-0.15, -0.1) is 0 Å². The van der Waals surface area contributed by atoms with Crippen LogP contribution in [0.15, 0.2) is 47.4 Å². The highest BCUT2D eigenvalue weighted by Crippen LogP contribution is 2.29. The molecule has 134 valence electrons. The average molecular weight is 362 g/mol. The van der Waals surface area contributed by atoms with Crippen molar-refractivity contribution in [3.8, 4) is 5.75 Å². The van der Waals surface area contributed by atoms with Gasteiger partial charge in [-0.05, 0) is 30.7 Å². The van der Waals surface area contributed by atoms with E-state index in [-0.39, 0.29) is 17.3 Å². The highest BCUT2D eigenvalue weighted by molar-refractivity contribution is 7.89. The molecule has 0 aliphatic heterocycles. The third-order valence-electron chi connectivity index (χ3n) is 3.68. The number of ether oxygens (including phenoxy) is 1. The Bertz CT molecular complexity index is 878. The summed E-state index contributed by atoms with van der Waals surface area (Å²) in [5.74, 6) is 0.0939. The number of anilines is 1. The van der Waals surface area contributed by atoms with Crippen LogP contribution in [0.4, 0.5) is 5.69 Å². The summed E-state index contributed by atoms with van der Waals surface area (Å²) in [6.45, 7) is 3.57. The molecule has 2 aromatic rings. The lowest BCUT2D eigenvalue weighted by Gasteiger charge is -2.19. The van der Waals surface area contributed by atoms with Crippen molar-refractivity contribution in [3.63, 3.8) is 0 Å². The Balaban J connectivity index is 2.33. The fourth-order valence-electron chi connectivity index (χ4n) is 2.47. The maximum atomic E-state index is 12.8. The number of hydrogen-bond acceptors (Lipinski definition) is 4. The first-order chi connectivity index (χ1) is 11.7. The van der Waals surface area contributed by atoms with Gasteiger partial charge < -0.3 is 10.1 Å². The Hall–Kier alpha value is -2.38. The van der Waals surface area contributed by atoms with Crippen molar-refractivity contribution in [3.05, 3.63) is 53.6 Å². The van der Waals surface area contributed by atoms with Gasteiger partial charge in [-0.3, -0.25) is 4.79 Å². The van der Waals surface area contributed by atoms with Crippen molar-refractivity contribution in [2.75, 3.05) is 19.5 Å². The summed E-state index contributed by atoms with van der Waals surface area (Å²) >= 11 is 0. The summed E-state index contributed by atoms with van der Waals surface area (Å²) in [5.41, 5.74) is 2.29. The Morgan fingerprint density at radius 1 is 1.20 bits per heavy atom. The highest BCUT2D eigenvalue weighted by atomic mass is 32.2. The normalized spacial score (nSPS) is 11.4. The van der Waals surface area contributed by atoms with Crippen LogP contribution < -0.4 is 10.1 Å². The summed E-state index contributed by atoms with van der Waals surface area (Å²) in [5, 5.41) is 2.59. The minimum atomic E-state index is -3.71. The number of amides is 1. The lowest BCUT2D eigenvalue weighted by molar-refractivity contribution is -0.114. The zero-order chi connectivity index (χ0) is 18.6. The molecule has 0 bridgehead atoms. The molecule has 0 unspecified atom stereocenters. The quantitative estimate of drug-likeness (QED) is 0.857. The van der Waals surface area contributed by atoms with Crippen LogP contribution in [0.1, 0.15) is 18.1 Å². The smallest absolute Gasteiger partial charge is 0.243 e. The number of nitrogens with zero attached hydrogens (tertiary/aromatic N) is 1. The van der Waals surface area contributed by atoms with E-state index in [1.54, 1.807) is 0 Å². The topological polar surface area (TPSA) is 75.7 Å². The summed E-state index contributed by atoms with van der Waals surface area (Å²) < 4.78 is 32.1. The van der Waals surface area contributed by atoms with E-state index in [1.807, 2.05) is 31.2 Å². The molecule has 6 nitrogen and oxygen atoms in total. The number of sulfonamides is 1. The van der Waals surface area contributed by atoms with Crippen molar-refractivity contribution < 1.29 is 17.9 Å². The van der Waals surface area contributed by atoms with E-state index in [1.165, 1.54) is 43.6 Å². The molecule has 2 aromatic carbocycles. The molecule has 0 saturated carbocycles. The maximum Gasteiger partial charge on any atom is 0.243 e. The summed E-state index contributed by atoms with van der Waals surface area (Å²) in [4.78, 5) is 11.4. The molecule has 0 saturated heterocycles. The van der Waals surface area contributed by atoms with Crippen LogP contribution in [-0.4, -0.2) is 32.8 Å². The second-order valence-electron chi connectivity index (χ2n) is 5.79. The number of methoxy groups -OCH3 is 1. The van der Waals surface area contributed by atoms with Gasteiger partial charge in [0.25, 0.3) is 0 Å². The minimum absolute atomic E-state index is 0.0900. The molecule has 0 spiro atoms. The number of benzene rings is 2. The van der Waals surface area contributed by atoms with Gasteiger partial charge in [0.2, 0.25) is 15.9 Å². The fourth-order valence-corrected chi connectivity index (χ4v) is 3.65. The van der Waals surface area contributed by atoms with E-state index < -0.39 is 10.0 Å². The van der Waals surface area contributed by atoms with Gasteiger partial charge in [0.1, 0.15) is 5.75 Å². The number of nitrogens with one attached hydrogen (secondary N) is 1. The molecule has 0 aliphatic carbocycles. The standard InChI is InChI=1S/C18H22N2O4S/c1-13-6-5-7-15(10-13)12-20(3)25(22,23)16-8-9-18(24-4)17(11-16)19-14(2)21/h5-11H,12H2,1-4H3,(H,19,21). The second-order valence-corrected chi connectivity index (χ2v) is 7.84. The molecule has 1 amide bonds. The van der Waals surface area contributed by atoms with E-state index in [4.69, 9.17) is 4.74 Å². The number of aryl methyl sites for hydroxylation is 1. The average Bonchev–Trinajstić information content (AvgIpc) is 2.54. The molecule has 25 heavy (non-hydrogen) atoms. The van der Waals surface area contributed by atoms with Gasteiger partial charge in [-0.2, -0.15) is 4.31 Å². The minimum Gasteiger partial charge on any atom is -0.495 e. The highest BCUT2D eigenvalue weighted by Gasteiger charge is 2.22. The van der Waals surface area contributed by atoms with Crippen molar-refractivity contribution in [2.45, 2.75) is 25.3 Å². The zero-order valence-corrected chi connectivity index (χ0v) is 15.6. The molecule has 1 N–H and O–H groups in total. The van der Waals surface area contributed by atoms with Crippen LogP contribution in [0.3, 0.4) is 0 Å². The van der Waals surface area contributed by atoms with E-state index in [2.05, 4.69) is 5.32 Å². The first kappa shape index (κ1) is 19.0. The SMILES string of the molecule is COc1ccc(S(=O)(=O)N(C)Cc2cccc(C)c2)cc1NC(C)=O. The number of hydrogen-bond donors (Lipinski definition) is 1. The van der Waals surface area contributed by atoms with E-state index in [0.29, 0.717) is 11.4 Å². The van der Waals surface area contributed by atoms with Crippen LogP contribution in [0.5, 0.6) is 5.75 Å². The number of rotatable bonds is 6. The van der Waals surface area contributed by atoms with E-state index in [0.717, 1.165) is 11.1 Å². The molecule has 0 radical (unpaired) electrons.